The maximum Gasteiger partial charge on any atom is 0.0910 e. The summed E-state index contributed by atoms with van der Waals surface area (Å²) >= 11 is 23.8. The molecular weight excluding hydrogens is 294 g/mol. The molecule has 0 heterocycles. The fourth-order valence-corrected chi connectivity index (χ4v) is 14.1. The van der Waals surface area contributed by atoms with Crippen LogP contribution >= 0.6 is 46.4 Å². The second-order valence-corrected chi connectivity index (χ2v) is 15.3. The molecule has 0 amide bonds. The van der Waals surface area contributed by atoms with Crippen molar-refractivity contribution in [2.24, 2.45) is 0 Å². The summed E-state index contributed by atoms with van der Waals surface area (Å²) in [6.45, 7) is 0. The Labute approximate surface area is 111 Å². The summed E-state index contributed by atoms with van der Waals surface area (Å²) in [5, 5.41) is 0. The van der Waals surface area contributed by atoms with Gasteiger partial charge in [-0.15, -0.1) is 46.4 Å². The monoisotopic (exact) mass is 308 g/mol. The summed E-state index contributed by atoms with van der Waals surface area (Å²) in [5.74, 6) is 0. The van der Waals surface area contributed by atoms with E-state index in [0.717, 1.165) is 0 Å². The van der Waals surface area contributed by atoms with Crippen LogP contribution in [0.4, 0.5) is 0 Å². The molecule has 0 aromatic rings. The van der Waals surface area contributed by atoms with Gasteiger partial charge in [-0.2, -0.15) is 0 Å². The lowest BCUT2D eigenvalue weighted by atomic mass is 9.99. The SMILES string of the molecule is ClC(Cl)[SiH2]C1([SiH2]C(Cl)Cl)CCCCC1. The molecule has 1 fully saturated rings. The van der Waals surface area contributed by atoms with Gasteiger partial charge in [0.1, 0.15) is 0 Å². The topological polar surface area (TPSA) is 0 Å². The Balaban J connectivity index is 2.57. The minimum absolute atomic E-state index is 0.118. The van der Waals surface area contributed by atoms with Gasteiger partial charge >= 0.3 is 0 Å². The highest BCUT2D eigenvalue weighted by Crippen LogP contribution is 2.43. The van der Waals surface area contributed by atoms with Gasteiger partial charge in [-0.3, -0.25) is 0 Å². The van der Waals surface area contributed by atoms with E-state index in [9.17, 15) is 0 Å². The molecule has 0 N–H and O–H groups in total. The zero-order chi connectivity index (χ0) is 10.6. The lowest BCUT2D eigenvalue weighted by Crippen LogP contribution is -2.36. The average molecular weight is 310 g/mol. The summed E-state index contributed by atoms with van der Waals surface area (Å²) in [4.78, 5) is 0. The van der Waals surface area contributed by atoms with Gasteiger partial charge in [0.15, 0.2) is 0 Å². The van der Waals surface area contributed by atoms with Crippen molar-refractivity contribution in [2.45, 2.75) is 45.7 Å². The molecule has 0 aromatic heterocycles. The third kappa shape index (κ3) is 4.62. The van der Waals surface area contributed by atoms with Crippen LogP contribution in [0.25, 0.3) is 0 Å². The van der Waals surface area contributed by atoms with Gasteiger partial charge in [-0.1, -0.05) is 32.1 Å². The number of hydrogen-bond acceptors (Lipinski definition) is 0. The predicted molar refractivity (Wildman–Crippen MR) is 73.9 cm³/mol. The molecule has 1 aliphatic carbocycles. The zero-order valence-electron chi connectivity index (χ0n) is 8.12. The fourth-order valence-electron chi connectivity index (χ4n) is 2.45. The fraction of sp³-hybridized carbons (Fsp3) is 1.00. The van der Waals surface area contributed by atoms with E-state index in [0.29, 0.717) is 4.66 Å². The van der Waals surface area contributed by atoms with Crippen molar-refractivity contribution in [1.29, 1.82) is 0 Å². The first kappa shape index (κ1) is 13.7. The lowest BCUT2D eigenvalue weighted by Gasteiger charge is -2.37. The molecule has 1 aliphatic rings. The largest absolute Gasteiger partial charge is 0.110 e. The van der Waals surface area contributed by atoms with Crippen molar-refractivity contribution < 1.29 is 0 Å². The van der Waals surface area contributed by atoms with Gasteiger partial charge in [-0.05, 0) is 4.66 Å². The van der Waals surface area contributed by atoms with Crippen LogP contribution < -0.4 is 0 Å². The highest BCUT2D eigenvalue weighted by molar-refractivity contribution is 6.82. The molecule has 0 saturated heterocycles. The van der Waals surface area contributed by atoms with Gasteiger partial charge in [0, 0.05) is 0 Å². The first-order valence-electron chi connectivity index (χ1n) is 5.10. The van der Waals surface area contributed by atoms with E-state index in [2.05, 4.69) is 0 Å². The minimum Gasteiger partial charge on any atom is -0.110 e. The van der Waals surface area contributed by atoms with Crippen molar-refractivity contribution >= 4 is 65.4 Å². The second kappa shape index (κ2) is 6.36. The van der Waals surface area contributed by atoms with Crippen LogP contribution in [0.3, 0.4) is 0 Å². The third-order valence-corrected chi connectivity index (χ3v) is 10.4. The van der Waals surface area contributed by atoms with Crippen LogP contribution in [0.15, 0.2) is 0 Å². The van der Waals surface area contributed by atoms with Crippen molar-refractivity contribution in [1.82, 2.24) is 0 Å². The molecule has 14 heavy (non-hydrogen) atoms. The standard InChI is InChI=1S/C8H16Cl4Si2/c9-6(10)13-8(14-7(11)12)4-2-1-3-5-8/h6-7H,1-5,13-14H2. The Morgan fingerprint density at radius 1 is 0.786 bits per heavy atom. The summed E-state index contributed by atoms with van der Waals surface area (Å²) in [6.07, 6.45) is 6.58. The summed E-state index contributed by atoms with van der Waals surface area (Å²) in [7, 11) is -0.851. The molecule has 0 bridgehead atoms. The first-order chi connectivity index (χ1) is 6.54. The molecule has 0 spiro atoms. The lowest BCUT2D eigenvalue weighted by molar-refractivity contribution is 0.461. The third-order valence-electron chi connectivity index (χ3n) is 3.09. The molecule has 6 heteroatoms. The normalized spacial score (nSPS) is 23.6. The van der Waals surface area contributed by atoms with E-state index in [1.165, 1.54) is 32.1 Å². The van der Waals surface area contributed by atoms with E-state index in [1.54, 1.807) is 0 Å². The first-order valence-corrected chi connectivity index (χ1v) is 9.90. The second-order valence-electron chi connectivity index (χ2n) is 4.25. The summed E-state index contributed by atoms with van der Waals surface area (Å²) in [5.41, 5.74) is 0. The van der Waals surface area contributed by atoms with E-state index in [4.69, 9.17) is 46.4 Å². The van der Waals surface area contributed by atoms with E-state index in [1.807, 2.05) is 0 Å². The van der Waals surface area contributed by atoms with Crippen LogP contribution in [0.1, 0.15) is 32.1 Å². The molecule has 0 aromatic carbocycles. The van der Waals surface area contributed by atoms with Gasteiger partial charge in [-0.25, -0.2) is 0 Å². The van der Waals surface area contributed by atoms with Gasteiger partial charge in [0.05, 0.1) is 28.0 Å². The van der Waals surface area contributed by atoms with Gasteiger partial charge < -0.3 is 0 Å². The molecular formula is C8H16Cl4Si2. The van der Waals surface area contributed by atoms with Crippen LogP contribution in [-0.4, -0.2) is 28.0 Å². The molecule has 0 nitrogen and oxygen atoms in total. The maximum atomic E-state index is 5.95. The van der Waals surface area contributed by atoms with Crippen LogP contribution in [0, 0.1) is 0 Å². The molecule has 0 atom stereocenters. The Hall–Kier alpha value is 1.59. The van der Waals surface area contributed by atoms with Crippen molar-refractivity contribution in [3.63, 3.8) is 0 Å². The van der Waals surface area contributed by atoms with E-state index < -0.39 is 19.0 Å². The van der Waals surface area contributed by atoms with Gasteiger partial charge in [0.25, 0.3) is 0 Å². The molecule has 0 aliphatic heterocycles. The molecule has 84 valence electrons. The van der Waals surface area contributed by atoms with Crippen LogP contribution in [0.2, 0.25) is 4.66 Å². The molecule has 0 unspecified atom stereocenters. The Morgan fingerprint density at radius 2 is 1.21 bits per heavy atom. The summed E-state index contributed by atoms with van der Waals surface area (Å²) < 4.78 is 0.237. The van der Waals surface area contributed by atoms with E-state index >= 15 is 0 Å². The Bertz CT molecular complexity index is 157. The van der Waals surface area contributed by atoms with Gasteiger partial charge in [0.2, 0.25) is 0 Å². The number of rotatable bonds is 4. The minimum atomic E-state index is -0.426. The van der Waals surface area contributed by atoms with Crippen molar-refractivity contribution in [2.75, 3.05) is 0 Å². The predicted octanol–water partition coefficient (Wildman–Crippen LogP) is 2.93. The number of halogens is 4. The maximum absolute atomic E-state index is 5.95. The van der Waals surface area contributed by atoms with Crippen LogP contribution in [0.5, 0.6) is 0 Å². The smallest absolute Gasteiger partial charge is 0.0910 e. The Kier molecular flexibility index (Phi) is 6.20. The molecule has 0 radical (unpaired) electrons. The quantitative estimate of drug-likeness (QED) is 0.553. The summed E-state index contributed by atoms with van der Waals surface area (Å²) in [6, 6.07) is 0. The highest BCUT2D eigenvalue weighted by atomic mass is 35.5. The Morgan fingerprint density at radius 3 is 1.57 bits per heavy atom. The van der Waals surface area contributed by atoms with Crippen molar-refractivity contribution in [3.8, 4) is 0 Å². The van der Waals surface area contributed by atoms with Crippen molar-refractivity contribution in [3.05, 3.63) is 0 Å². The number of hydrogen-bond donors (Lipinski definition) is 0. The zero-order valence-corrected chi connectivity index (χ0v) is 14.0. The highest BCUT2D eigenvalue weighted by Gasteiger charge is 2.36. The van der Waals surface area contributed by atoms with Crippen LogP contribution in [-0.2, 0) is 0 Å². The number of alkyl halides is 4. The van der Waals surface area contributed by atoms with E-state index in [-0.39, 0.29) is 8.92 Å². The molecule has 1 saturated carbocycles. The average Bonchev–Trinajstić information content (AvgIpc) is 2.01. The molecule has 1 rings (SSSR count).